The fourth-order valence-corrected chi connectivity index (χ4v) is 4.80. The minimum absolute atomic E-state index is 0.187. The van der Waals surface area contributed by atoms with Gasteiger partial charge < -0.3 is 4.74 Å². The van der Waals surface area contributed by atoms with E-state index in [-0.39, 0.29) is 5.41 Å². The van der Waals surface area contributed by atoms with Crippen LogP contribution in [0.2, 0.25) is 0 Å². The molecule has 1 nitrogen and oxygen atoms in total. The summed E-state index contributed by atoms with van der Waals surface area (Å²) in [4.78, 5) is 0. The van der Waals surface area contributed by atoms with Gasteiger partial charge in [0.05, 0.1) is 13.4 Å². The Morgan fingerprint density at radius 3 is 2.26 bits per heavy atom. The molecule has 0 atom stereocenters. The molecule has 0 aliphatic heterocycles. The van der Waals surface area contributed by atoms with Crippen LogP contribution < -0.4 is 0 Å². The lowest BCUT2D eigenvalue weighted by atomic mass is 9.70. The van der Waals surface area contributed by atoms with Crippen LogP contribution in [0.5, 0.6) is 0 Å². The number of hydrogen-bond donors (Lipinski definition) is 0. The monoisotopic (exact) mass is 362 g/mol. The van der Waals surface area contributed by atoms with Gasteiger partial charge in [0.15, 0.2) is 0 Å². The van der Waals surface area contributed by atoms with Crippen molar-refractivity contribution in [3.63, 3.8) is 0 Å². The summed E-state index contributed by atoms with van der Waals surface area (Å²) in [6, 6.07) is 16.3. The summed E-state index contributed by atoms with van der Waals surface area (Å²) in [5, 5.41) is 0. The van der Waals surface area contributed by atoms with Crippen LogP contribution >= 0.6 is 0 Å². The molecular weight excluding hydrogens is 328 g/mol. The van der Waals surface area contributed by atoms with Crippen LogP contribution in [0.3, 0.4) is 0 Å². The van der Waals surface area contributed by atoms with E-state index in [4.69, 9.17) is 4.74 Å². The van der Waals surface area contributed by atoms with Crippen molar-refractivity contribution in [1.82, 2.24) is 0 Å². The van der Waals surface area contributed by atoms with E-state index < -0.39 is 0 Å². The Balaban J connectivity index is 2.11. The average Bonchev–Trinajstić information content (AvgIpc) is 2.95. The normalized spacial score (nSPS) is 14.7. The Kier molecular flexibility index (Phi) is 6.42. The maximum atomic E-state index is 5.20. The van der Waals surface area contributed by atoms with Gasteiger partial charge in [-0.25, -0.2) is 0 Å². The Bertz CT molecular complexity index is 792. The standard InChI is InChI=1S/C26H34O/c1-5-7-15-26(16-8-6-2)24-12-10-9-11-22(24)23-14-13-21(18-25(23)26)17-20(3)19-27-4/h9-14,18-19H,5-8,15-17H2,1-4H3. The number of methoxy groups -OCH3 is 1. The highest BCUT2D eigenvalue weighted by Gasteiger charge is 2.41. The van der Waals surface area contributed by atoms with Gasteiger partial charge in [-0.05, 0) is 59.6 Å². The van der Waals surface area contributed by atoms with Crippen molar-refractivity contribution in [2.24, 2.45) is 0 Å². The van der Waals surface area contributed by atoms with Crippen LogP contribution in [-0.4, -0.2) is 7.11 Å². The van der Waals surface area contributed by atoms with Gasteiger partial charge in [0.1, 0.15) is 0 Å². The van der Waals surface area contributed by atoms with Crippen LogP contribution in [0.15, 0.2) is 54.3 Å². The molecule has 0 amide bonds. The number of benzene rings is 2. The molecule has 0 radical (unpaired) electrons. The third kappa shape index (κ3) is 3.83. The molecule has 1 aliphatic rings. The van der Waals surface area contributed by atoms with Gasteiger partial charge in [-0.2, -0.15) is 0 Å². The van der Waals surface area contributed by atoms with Crippen molar-refractivity contribution in [3.8, 4) is 11.1 Å². The van der Waals surface area contributed by atoms with Gasteiger partial charge in [-0.3, -0.25) is 0 Å². The van der Waals surface area contributed by atoms with Crippen LogP contribution in [0.25, 0.3) is 11.1 Å². The zero-order valence-corrected chi connectivity index (χ0v) is 17.5. The van der Waals surface area contributed by atoms with Gasteiger partial charge in [0.25, 0.3) is 0 Å². The van der Waals surface area contributed by atoms with Crippen molar-refractivity contribution >= 4 is 0 Å². The minimum atomic E-state index is 0.187. The molecule has 0 spiro atoms. The maximum absolute atomic E-state index is 5.20. The molecule has 0 bridgehead atoms. The van der Waals surface area contributed by atoms with Gasteiger partial charge in [0.2, 0.25) is 0 Å². The summed E-state index contributed by atoms with van der Waals surface area (Å²) in [7, 11) is 1.73. The van der Waals surface area contributed by atoms with E-state index in [0.29, 0.717) is 0 Å². The molecule has 1 aliphatic carbocycles. The molecule has 0 saturated carbocycles. The highest BCUT2D eigenvalue weighted by atomic mass is 16.5. The van der Waals surface area contributed by atoms with E-state index >= 15 is 0 Å². The Morgan fingerprint density at radius 2 is 1.59 bits per heavy atom. The van der Waals surface area contributed by atoms with Crippen LogP contribution in [0.1, 0.15) is 76.0 Å². The van der Waals surface area contributed by atoms with Crippen molar-refractivity contribution in [2.45, 2.75) is 71.1 Å². The number of fused-ring (bicyclic) bond motifs is 3. The first kappa shape index (κ1) is 19.7. The molecule has 144 valence electrons. The molecule has 27 heavy (non-hydrogen) atoms. The van der Waals surface area contributed by atoms with E-state index in [2.05, 4.69) is 63.2 Å². The van der Waals surface area contributed by atoms with Crippen LogP contribution in [0, 0.1) is 0 Å². The predicted octanol–water partition coefficient (Wildman–Crippen LogP) is 7.43. The quantitative estimate of drug-likeness (QED) is 0.421. The minimum Gasteiger partial charge on any atom is -0.504 e. The third-order valence-corrected chi connectivity index (χ3v) is 6.05. The largest absolute Gasteiger partial charge is 0.504 e. The Labute approximate surface area is 165 Å². The fraction of sp³-hybridized carbons (Fsp3) is 0.462. The van der Waals surface area contributed by atoms with Gasteiger partial charge in [0, 0.05) is 5.41 Å². The molecular formula is C26H34O. The first-order valence-electron chi connectivity index (χ1n) is 10.6. The van der Waals surface area contributed by atoms with Gasteiger partial charge in [-0.15, -0.1) is 0 Å². The number of hydrogen-bond acceptors (Lipinski definition) is 1. The molecule has 3 rings (SSSR count). The summed E-state index contributed by atoms with van der Waals surface area (Å²) >= 11 is 0. The summed E-state index contributed by atoms with van der Waals surface area (Å²) in [5.41, 5.74) is 8.87. The molecule has 2 aromatic rings. The van der Waals surface area contributed by atoms with Gasteiger partial charge >= 0.3 is 0 Å². The predicted molar refractivity (Wildman–Crippen MR) is 116 cm³/mol. The average molecular weight is 363 g/mol. The lowest BCUT2D eigenvalue weighted by molar-refractivity contribution is 0.333. The van der Waals surface area contributed by atoms with Crippen molar-refractivity contribution in [1.29, 1.82) is 0 Å². The van der Waals surface area contributed by atoms with E-state index in [0.717, 1.165) is 6.42 Å². The maximum Gasteiger partial charge on any atom is 0.0817 e. The second kappa shape index (κ2) is 8.78. The second-order valence-electron chi connectivity index (χ2n) is 8.09. The van der Waals surface area contributed by atoms with E-state index in [9.17, 15) is 0 Å². The topological polar surface area (TPSA) is 9.23 Å². The summed E-state index contributed by atoms with van der Waals surface area (Å²) in [5.74, 6) is 0. The molecule has 0 unspecified atom stereocenters. The molecule has 2 aromatic carbocycles. The summed E-state index contributed by atoms with van der Waals surface area (Å²) < 4.78 is 5.20. The first-order chi connectivity index (χ1) is 13.2. The number of allylic oxidation sites excluding steroid dienone is 1. The first-order valence-corrected chi connectivity index (χ1v) is 10.6. The Hall–Kier alpha value is -2.02. The summed E-state index contributed by atoms with van der Waals surface area (Å²) in [6.45, 7) is 6.77. The highest BCUT2D eigenvalue weighted by Crippen LogP contribution is 2.54. The SMILES string of the molecule is CCCCC1(CCCC)c2ccccc2-c2ccc(CC(C)=COC)cc21. The van der Waals surface area contributed by atoms with Crippen LogP contribution in [0.4, 0.5) is 0 Å². The Morgan fingerprint density at radius 1 is 0.926 bits per heavy atom. The lowest BCUT2D eigenvalue weighted by Gasteiger charge is -2.33. The van der Waals surface area contributed by atoms with Gasteiger partial charge in [-0.1, -0.05) is 82.0 Å². The van der Waals surface area contributed by atoms with Crippen molar-refractivity contribution < 1.29 is 4.74 Å². The third-order valence-electron chi connectivity index (χ3n) is 6.05. The van der Waals surface area contributed by atoms with Crippen LogP contribution in [-0.2, 0) is 16.6 Å². The van der Waals surface area contributed by atoms with E-state index in [1.165, 1.54) is 60.8 Å². The molecule has 1 heteroatoms. The zero-order chi connectivity index (χ0) is 19.3. The van der Waals surface area contributed by atoms with Crippen molar-refractivity contribution in [2.75, 3.05) is 7.11 Å². The lowest BCUT2D eigenvalue weighted by Crippen LogP contribution is -2.25. The van der Waals surface area contributed by atoms with Crippen molar-refractivity contribution in [3.05, 3.63) is 71.0 Å². The fourth-order valence-electron chi connectivity index (χ4n) is 4.80. The number of ether oxygens (including phenoxy) is 1. The van der Waals surface area contributed by atoms with E-state index in [1.54, 1.807) is 18.2 Å². The number of rotatable bonds is 9. The second-order valence-corrected chi connectivity index (χ2v) is 8.09. The zero-order valence-electron chi connectivity index (χ0n) is 17.5. The number of unbranched alkanes of at least 4 members (excludes halogenated alkanes) is 2. The molecule has 0 N–H and O–H groups in total. The molecule has 0 aromatic heterocycles. The molecule has 0 fully saturated rings. The van der Waals surface area contributed by atoms with E-state index in [1.807, 2.05) is 6.26 Å². The smallest absolute Gasteiger partial charge is 0.0817 e. The molecule has 0 saturated heterocycles. The summed E-state index contributed by atoms with van der Waals surface area (Å²) in [6.07, 6.45) is 10.4. The molecule has 0 heterocycles. The highest BCUT2D eigenvalue weighted by molar-refractivity contribution is 5.81.